The van der Waals surface area contributed by atoms with Crippen molar-refractivity contribution < 1.29 is 14.4 Å². The molecule has 5 nitrogen and oxygen atoms in total. The van der Waals surface area contributed by atoms with Crippen molar-refractivity contribution in [3.8, 4) is 0 Å². The van der Waals surface area contributed by atoms with Gasteiger partial charge in [0.15, 0.2) is 0 Å². The molecule has 2 saturated carbocycles. The normalized spacial score (nSPS) is 36.8. The van der Waals surface area contributed by atoms with Crippen LogP contribution in [0, 0.1) is 17.3 Å². The third kappa shape index (κ3) is 1.79. The van der Waals surface area contributed by atoms with E-state index in [-0.39, 0.29) is 17.9 Å². The average Bonchev–Trinajstić information content (AvgIpc) is 2.31. The predicted molar refractivity (Wildman–Crippen MR) is 72.6 cm³/mol. The van der Waals surface area contributed by atoms with Gasteiger partial charge in [-0.05, 0) is 43.9 Å². The lowest BCUT2D eigenvalue weighted by atomic mass is 9.65. The largest absolute Gasteiger partial charge is 0.331 e. The Balaban J connectivity index is 1.83. The zero-order valence-corrected chi connectivity index (χ0v) is 12.1. The number of nitrogens with zero attached hydrogens (tertiary/aromatic N) is 1. The number of amides is 4. The fourth-order valence-corrected chi connectivity index (χ4v) is 3.75. The molecule has 2 aliphatic carbocycles. The Kier molecular flexibility index (Phi) is 3.10. The maximum absolute atomic E-state index is 12.7. The van der Waals surface area contributed by atoms with Gasteiger partial charge in [0.05, 0.1) is 0 Å². The van der Waals surface area contributed by atoms with Gasteiger partial charge in [0, 0.05) is 6.04 Å². The fourth-order valence-electron chi connectivity index (χ4n) is 3.75. The molecule has 1 aliphatic heterocycles. The second-order valence-corrected chi connectivity index (χ2v) is 6.79. The second-order valence-electron chi connectivity index (χ2n) is 6.79. The highest BCUT2D eigenvalue weighted by atomic mass is 16.2. The molecule has 0 aromatic rings. The van der Waals surface area contributed by atoms with Crippen LogP contribution < -0.4 is 5.32 Å². The molecule has 1 saturated heterocycles. The highest BCUT2D eigenvalue weighted by Crippen LogP contribution is 2.46. The third-order valence-corrected chi connectivity index (χ3v) is 5.64. The van der Waals surface area contributed by atoms with Gasteiger partial charge < -0.3 is 0 Å². The first kappa shape index (κ1) is 13.6. The molecule has 3 rings (SSSR count). The van der Waals surface area contributed by atoms with Crippen molar-refractivity contribution >= 4 is 17.8 Å². The molecule has 0 aromatic carbocycles. The van der Waals surface area contributed by atoms with Crippen LogP contribution in [0.5, 0.6) is 0 Å². The summed E-state index contributed by atoms with van der Waals surface area (Å²) in [6.07, 6.45) is 4.79. The van der Waals surface area contributed by atoms with Crippen LogP contribution in [0.15, 0.2) is 0 Å². The van der Waals surface area contributed by atoms with Crippen LogP contribution in [-0.4, -0.2) is 28.8 Å². The van der Waals surface area contributed by atoms with Crippen LogP contribution in [0.1, 0.15) is 52.4 Å². The summed E-state index contributed by atoms with van der Waals surface area (Å²) in [5, 5.41) is 2.40. The molecule has 3 unspecified atom stereocenters. The van der Waals surface area contributed by atoms with E-state index in [1.807, 2.05) is 0 Å². The number of nitrogens with one attached hydrogen (secondary N) is 1. The molecule has 3 fully saturated rings. The molecule has 5 heteroatoms. The number of imide groups is 2. The number of carbonyl (C=O) groups excluding carboxylic acids is 3. The minimum Gasteiger partial charge on any atom is -0.277 e. The first-order valence-electron chi connectivity index (χ1n) is 7.65. The van der Waals surface area contributed by atoms with Crippen LogP contribution in [0.4, 0.5) is 4.79 Å². The lowest BCUT2D eigenvalue weighted by molar-refractivity contribution is -0.159. The summed E-state index contributed by atoms with van der Waals surface area (Å²) >= 11 is 0. The Morgan fingerprint density at radius 1 is 1.10 bits per heavy atom. The van der Waals surface area contributed by atoms with Gasteiger partial charge in [-0.1, -0.05) is 20.3 Å². The van der Waals surface area contributed by atoms with Gasteiger partial charge in [-0.2, -0.15) is 0 Å². The van der Waals surface area contributed by atoms with E-state index in [1.54, 1.807) is 0 Å². The van der Waals surface area contributed by atoms with Gasteiger partial charge in [-0.3, -0.25) is 19.8 Å². The summed E-state index contributed by atoms with van der Waals surface area (Å²) in [6, 6.07) is -0.552. The standard InChI is InChI=1S/C15H22N2O3/c1-9-4-5-11(8-10(9)2)17-13(19)15(6-3-7-15)12(18)16-14(17)20/h9-11H,3-8H2,1-2H3,(H,16,18,20). The van der Waals surface area contributed by atoms with E-state index in [1.165, 1.54) is 4.90 Å². The van der Waals surface area contributed by atoms with Crippen molar-refractivity contribution in [2.45, 2.75) is 58.4 Å². The van der Waals surface area contributed by atoms with E-state index in [9.17, 15) is 14.4 Å². The minimum absolute atomic E-state index is 0.0423. The minimum atomic E-state index is -0.930. The van der Waals surface area contributed by atoms with Crippen molar-refractivity contribution in [3.63, 3.8) is 0 Å². The Bertz CT molecular complexity index is 470. The van der Waals surface area contributed by atoms with E-state index < -0.39 is 11.4 Å². The lowest BCUT2D eigenvalue weighted by Crippen LogP contribution is -2.68. The van der Waals surface area contributed by atoms with Crippen LogP contribution in [-0.2, 0) is 9.59 Å². The second kappa shape index (κ2) is 4.57. The van der Waals surface area contributed by atoms with Crippen LogP contribution in [0.3, 0.4) is 0 Å². The Morgan fingerprint density at radius 3 is 2.35 bits per heavy atom. The summed E-state index contributed by atoms with van der Waals surface area (Å²) in [5.74, 6) is 0.509. The number of barbiturate groups is 1. The maximum Gasteiger partial charge on any atom is 0.331 e. The van der Waals surface area contributed by atoms with E-state index in [4.69, 9.17) is 0 Å². The summed E-state index contributed by atoms with van der Waals surface area (Å²) in [7, 11) is 0. The number of hydrogen-bond donors (Lipinski definition) is 1. The number of rotatable bonds is 1. The Labute approximate surface area is 119 Å². The van der Waals surface area contributed by atoms with Crippen molar-refractivity contribution in [2.24, 2.45) is 17.3 Å². The summed E-state index contributed by atoms with van der Waals surface area (Å²) in [6.45, 7) is 4.39. The molecule has 1 N–H and O–H groups in total. The quantitative estimate of drug-likeness (QED) is 0.747. The van der Waals surface area contributed by atoms with Crippen molar-refractivity contribution in [1.29, 1.82) is 0 Å². The molecule has 0 bridgehead atoms. The highest BCUT2D eigenvalue weighted by molar-refractivity contribution is 6.19. The Morgan fingerprint density at radius 2 is 1.80 bits per heavy atom. The Hall–Kier alpha value is -1.39. The zero-order valence-electron chi connectivity index (χ0n) is 12.1. The van der Waals surface area contributed by atoms with Crippen molar-refractivity contribution in [1.82, 2.24) is 10.2 Å². The average molecular weight is 278 g/mol. The van der Waals surface area contributed by atoms with Crippen LogP contribution in [0.25, 0.3) is 0 Å². The summed E-state index contributed by atoms with van der Waals surface area (Å²) in [4.78, 5) is 38.1. The fraction of sp³-hybridized carbons (Fsp3) is 0.800. The first-order chi connectivity index (χ1) is 9.45. The van der Waals surface area contributed by atoms with Crippen LogP contribution in [0.2, 0.25) is 0 Å². The number of carbonyl (C=O) groups is 3. The molecular formula is C15H22N2O3. The van der Waals surface area contributed by atoms with E-state index in [0.29, 0.717) is 24.7 Å². The van der Waals surface area contributed by atoms with Crippen molar-refractivity contribution in [2.75, 3.05) is 0 Å². The highest BCUT2D eigenvalue weighted by Gasteiger charge is 2.58. The molecule has 0 aromatic heterocycles. The SMILES string of the molecule is CC1CCC(N2C(=O)NC(=O)C3(CCC3)C2=O)CC1C. The van der Waals surface area contributed by atoms with Crippen LogP contribution >= 0.6 is 0 Å². The molecule has 110 valence electrons. The molecule has 20 heavy (non-hydrogen) atoms. The maximum atomic E-state index is 12.7. The molecule has 4 amide bonds. The van der Waals surface area contributed by atoms with Gasteiger partial charge in [0.25, 0.3) is 0 Å². The molecule has 3 aliphatic rings. The first-order valence-corrected chi connectivity index (χ1v) is 7.65. The molecule has 3 atom stereocenters. The molecule has 1 heterocycles. The number of urea groups is 1. The van der Waals surface area contributed by atoms with Crippen molar-refractivity contribution in [3.05, 3.63) is 0 Å². The van der Waals surface area contributed by atoms with Gasteiger partial charge in [0.1, 0.15) is 5.41 Å². The van der Waals surface area contributed by atoms with Gasteiger partial charge in [-0.25, -0.2) is 4.79 Å². The number of hydrogen-bond acceptors (Lipinski definition) is 3. The zero-order chi connectivity index (χ0) is 14.5. The smallest absolute Gasteiger partial charge is 0.277 e. The predicted octanol–water partition coefficient (Wildman–Crippen LogP) is 2.06. The molecule has 1 spiro atoms. The van der Waals surface area contributed by atoms with Gasteiger partial charge in [0.2, 0.25) is 11.8 Å². The van der Waals surface area contributed by atoms with E-state index in [0.717, 1.165) is 25.7 Å². The van der Waals surface area contributed by atoms with Gasteiger partial charge >= 0.3 is 6.03 Å². The summed E-state index contributed by atoms with van der Waals surface area (Å²) < 4.78 is 0. The van der Waals surface area contributed by atoms with E-state index in [2.05, 4.69) is 19.2 Å². The summed E-state index contributed by atoms with van der Waals surface area (Å²) in [5.41, 5.74) is -0.930. The topological polar surface area (TPSA) is 66.5 Å². The molecule has 0 radical (unpaired) electrons. The molecular weight excluding hydrogens is 256 g/mol. The van der Waals surface area contributed by atoms with Gasteiger partial charge in [-0.15, -0.1) is 0 Å². The lowest BCUT2D eigenvalue weighted by Gasteiger charge is -2.48. The third-order valence-electron chi connectivity index (χ3n) is 5.64. The van der Waals surface area contributed by atoms with E-state index >= 15 is 0 Å². The monoisotopic (exact) mass is 278 g/mol.